The van der Waals surface area contributed by atoms with Gasteiger partial charge in [0, 0.05) is 11.1 Å². The Hall–Kier alpha value is -2.44. The number of methoxy groups -OCH3 is 2. The van der Waals surface area contributed by atoms with Crippen molar-refractivity contribution < 1.29 is 14.6 Å². The molecular formula is C17H20ClN3O3. The van der Waals surface area contributed by atoms with Gasteiger partial charge in [-0.3, -0.25) is 4.99 Å². The third kappa shape index (κ3) is 4.78. The summed E-state index contributed by atoms with van der Waals surface area (Å²) in [5, 5.41) is 13.7. The van der Waals surface area contributed by atoms with E-state index in [1.165, 1.54) is 0 Å². The van der Waals surface area contributed by atoms with Gasteiger partial charge in [0.25, 0.3) is 0 Å². The second-order valence-electron chi connectivity index (χ2n) is 4.98. The minimum Gasteiger partial charge on any atom is -0.497 e. The van der Waals surface area contributed by atoms with E-state index in [0.29, 0.717) is 22.2 Å². The smallest absolute Gasteiger partial charge is 0.193 e. The maximum absolute atomic E-state index is 10.1. The molecule has 0 spiro atoms. The van der Waals surface area contributed by atoms with Crippen LogP contribution in [0.3, 0.4) is 0 Å². The van der Waals surface area contributed by atoms with Crippen LogP contribution in [0.4, 0.5) is 5.69 Å². The lowest BCUT2D eigenvalue weighted by Gasteiger charge is -2.13. The highest BCUT2D eigenvalue weighted by molar-refractivity contribution is 6.30. The first-order valence-corrected chi connectivity index (χ1v) is 7.63. The van der Waals surface area contributed by atoms with Gasteiger partial charge in [-0.05, 0) is 29.8 Å². The van der Waals surface area contributed by atoms with E-state index in [2.05, 4.69) is 10.3 Å². The van der Waals surface area contributed by atoms with Crippen molar-refractivity contribution in [1.82, 2.24) is 0 Å². The predicted octanol–water partition coefficient (Wildman–Crippen LogP) is 2.82. The van der Waals surface area contributed by atoms with Gasteiger partial charge >= 0.3 is 0 Å². The maximum atomic E-state index is 10.1. The van der Waals surface area contributed by atoms with E-state index < -0.39 is 6.10 Å². The molecule has 0 amide bonds. The molecule has 0 aliphatic rings. The number of hydrogen-bond acceptors (Lipinski definition) is 4. The summed E-state index contributed by atoms with van der Waals surface area (Å²) in [5.74, 6) is 1.43. The van der Waals surface area contributed by atoms with Crippen LogP contribution < -0.4 is 20.5 Å². The first-order chi connectivity index (χ1) is 11.5. The molecule has 2 rings (SSSR count). The number of halogens is 1. The quantitative estimate of drug-likeness (QED) is 0.551. The van der Waals surface area contributed by atoms with Gasteiger partial charge in [0.05, 0.1) is 32.6 Å². The van der Waals surface area contributed by atoms with Crippen molar-refractivity contribution >= 4 is 23.2 Å². The highest BCUT2D eigenvalue weighted by atomic mass is 35.5. The zero-order valence-corrected chi connectivity index (χ0v) is 14.2. The number of benzene rings is 2. The summed E-state index contributed by atoms with van der Waals surface area (Å²) in [6.45, 7) is 0.118. The minimum absolute atomic E-state index is 0.118. The van der Waals surface area contributed by atoms with Gasteiger partial charge in [-0.15, -0.1) is 0 Å². The fourth-order valence-corrected chi connectivity index (χ4v) is 2.19. The molecule has 24 heavy (non-hydrogen) atoms. The molecule has 1 atom stereocenters. The summed E-state index contributed by atoms with van der Waals surface area (Å²) in [7, 11) is 3.14. The molecule has 0 radical (unpaired) electrons. The van der Waals surface area contributed by atoms with E-state index in [9.17, 15) is 5.11 Å². The van der Waals surface area contributed by atoms with Crippen molar-refractivity contribution in [2.24, 2.45) is 10.7 Å². The summed E-state index contributed by atoms with van der Waals surface area (Å²) in [6, 6.07) is 12.2. The summed E-state index contributed by atoms with van der Waals surface area (Å²) >= 11 is 5.83. The fraction of sp³-hybridized carbons (Fsp3) is 0.235. The van der Waals surface area contributed by atoms with Crippen molar-refractivity contribution in [3.05, 3.63) is 53.1 Å². The molecule has 1 unspecified atom stereocenters. The number of nitrogens with one attached hydrogen (secondary N) is 1. The highest BCUT2D eigenvalue weighted by Crippen LogP contribution is 2.28. The molecule has 128 valence electrons. The number of guanidine groups is 1. The SMILES string of the molecule is COc1ccc(OC)c(NC(N)=NCC(O)c2ccc(Cl)cc2)c1. The predicted molar refractivity (Wildman–Crippen MR) is 96.1 cm³/mol. The van der Waals surface area contributed by atoms with E-state index in [-0.39, 0.29) is 12.5 Å². The van der Waals surface area contributed by atoms with Crippen LogP contribution >= 0.6 is 11.6 Å². The zero-order chi connectivity index (χ0) is 17.5. The van der Waals surface area contributed by atoms with E-state index in [1.54, 1.807) is 56.7 Å². The average molecular weight is 350 g/mol. The van der Waals surface area contributed by atoms with E-state index in [0.717, 1.165) is 5.56 Å². The van der Waals surface area contributed by atoms with Crippen LogP contribution in [0.5, 0.6) is 11.5 Å². The van der Waals surface area contributed by atoms with Crippen molar-refractivity contribution in [3.63, 3.8) is 0 Å². The summed E-state index contributed by atoms with van der Waals surface area (Å²) in [4.78, 5) is 4.15. The lowest BCUT2D eigenvalue weighted by molar-refractivity contribution is 0.187. The monoisotopic (exact) mass is 349 g/mol. The Kier molecular flexibility index (Phi) is 6.28. The molecule has 0 bridgehead atoms. The molecule has 0 aliphatic heterocycles. The Labute approximate surface area is 145 Å². The number of hydrogen-bond donors (Lipinski definition) is 3. The molecule has 6 nitrogen and oxygen atoms in total. The summed E-state index contributed by atoms with van der Waals surface area (Å²) < 4.78 is 10.4. The van der Waals surface area contributed by atoms with Gasteiger partial charge in [0.2, 0.25) is 0 Å². The number of nitrogens with zero attached hydrogens (tertiary/aromatic N) is 1. The van der Waals surface area contributed by atoms with E-state index >= 15 is 0 Å². The number of aliphatic hydroxyl groups is 1. The maximum Gasteiger partial charge on any atom is 0.193 e. The molecule has 0 aliphatic carbocycles. The molecule has 0 heterocycles. The second-order valence-corrected chi connectivity index (χ2v) is 5.42. The Bertz CT molecular complexity index is 705. The normalized spacial score (nSPS) is 12.6. The minimum atomic E-state index is -0.769. The van der Waals surface area contributed by atoms with Crippen molar-refractivity contribution in [2.75, 3.05) is 26.1 Å². The van der Waals surface area contributed by atoms with Crippen LogP contribution in [0.25, 0.3) is 0 Å². The number of ether oxygens (including phenoxy) is 2. The summed E-state index contributed by atoms with van der Waals surface area (Å²) in [6.07, 6.45) is -0.769. The standard InChI is InChI=1S/C17H20ClN3O3/c1-23-13-7-8-16(24-2)14(9-13)21-17(19)20-10-15(22)11-3-5-12(18)6-4-11/h3-9,15,22H,10H2,1-2H3,(H3,19,20,21). The van der Waals surface area contributed by atoms with Crippen LogP contribution in [-0.4, -0.2) is 31.8 Å². The molecule has 7 heteroatoms. The first-order valence-electron chi connectivity index (χ1n) is 7.26. The number of nitrogens with two attached hydrogens (primary N) is 1. The Morgan fingerprint density at radius 1 is 1.21 bits per heavy atom. The largest absolute Gasteiger partial charge is 0.497 e. The van der Waals surface area contributed by atoms with Gasteiger partial charge in [-0.1, -0.05) is 23.7 Å². The lowest BCUT2D eigenvalue weighted by Crippen LogP contribution is -2.24. The van der Waals surface area contributed by atoms with Gasteiger partial charge in [0.15, 0.2) is 5.96 Å². The lowest BCUT2D eigenvalue weighted by atomic mass is 10.1. The molecule has 2 aromatic rings. The van der Waals surface area contributed by atoms with Crippen molar-refractivity contribution in [1.29, 1.82) is 0 Å². The zero-order valence-electron chi connectivity index (χ0n) is 13.5. The highest BCUT2D eigenvalue weighted by Gasteiger charge is 2.09. The number of aliphatic hydroxyl groups excluding tert-OH is 1. The molecule has 4 N–H and O–H groups in total. The van der Waals surface area contributed by atoms with Crippen LogP contribution in [0.2, 0.25) is 5.02 Å². The summed E-state index contributed by atoms with van der Waals surface area (Å²) in [5.41, 5.74) is 7.22. The molecular weight excluding hydrogens is 330 g/mol. The Balaban J connectivity index is 2.04. The number of anilines is 1. The van der Waals surface area contributed by atoms with Crippen LogP contribution in [0.1, 0.15) is 11.7 Å². The van der Waals surface area contributed by atoms with E-state index in [1.807, 2.05) is 0 Å². The van der Waals surface area contributed by atoms with Gasteiger partial charge < -0.3 is 25.6 Å². The number of aliphatic imine (C=N–C) groups is 1. The second kappa shape index (κ2) is 8.42. The molecule has 0 aromatic heterocycles. The third-order valence-electron chi connectivity index (χ3n) is 3.36. The van der Waals surface area contributed by atoms with Crippen LogP contribution in [-0.2, 0) is 0 Å². The van der Waals surface area contributed by atoms with Gasteiger partial charge in [-0.25, -0.2) is 0 Å². The van der Waals surface area contributed by atoms with Crippen molar-refractivity contribution in [2.45, 2.75) is 6.10 Å². The topological polar surface area (TPSA) is 89.1 Å². The average Bonchev–Trinajstić information content (AvgIpc) is 2.60. The first kappa shape index (κ1) is 17.9. The van der Waals surface area contributed by atoms with Crippen molar-refractivity contribution in [3.8, 4) is 11.5 Å². The van der Waals surface area contributed by atoms with E-state index in [4.69, 9.17) is 26.8 Å². The van der Waals surface area contributed by atoms with Crippen LogP contribution in [0, 0.1) is 0 Å². The third-order valence-corrected chi connectivity index (χ3v) is 3.61. The Morgan fingerprint density at radius 3 is 2.54 bits per heavy atom. The fourth-order valence-electron chi connectivity index (χ4n) is 2.06. The van der Waals surface area contributed by atoms with Gasteiger partial charge in [-0.2, -0.15) is 0 Å². The molecule has 0 saturated heterocycles. The molecule has 0 saturated carbocycles. The van der Waals surface area contributed by atoms with Gasteiger partial charge in [0.1, 0.15) is 11.5 Å². The molecule has 2 aromatic carbocycles. The van der Waals surface area contributed by atoms with Crippen LogP contribution in [0.15, 0.2) is 47.5 Å². The number of rotatable bonds is 6. The molecule has 0 fully saturated rings. The Morgan fingerprint density at radius 2 is 1.92 bits per heavy atom.